The fourth-order valence-electron chi connectivity index (χ4n) is 5.25. The Morgan fingerprint density at radius 1 is 0.897 bits per heavy atom. The number of aromatic nitrogens is 2. The molecule has 0 amide bonds. The van der Waals surface area contributed by atoms with Crippen molar-refractivity contribution in [3.63, 3.8) is 0 Å². The standard InChI is InChI=1S/C31H25BrN6O/c1-3-20-13-15-21(16-14-20)33-29-31-35-30-27(19(2)36-38(30)22-9-5-4-6-10-22)28(25-17-18-26(32)39-25)37(31)24-12-8-7-11-23(24)34-29/h4-18,28H,3H2,1-2H3,(H,33,34)/t28-/m1/s1. The van der Waals surface area contributed by atoms with Gasteiger partial charge in [0, 0.05) is 5.69 Å². The number of rotatable bonds is 4. The number of para-hydroxylation sites is 3. The van der Waals surface area contributed by atoms with Crippen LogP contribution < -0.4 is 10.2 Å². The second kappa shape index (κ2) is 9.39. The number of hydrogen-bond donors (Lipinski definition) is 1. The molecule has 3 aromatic carbocycles. The smallest absolute Gasteiger partial charge is 0.179 e. The number of hydrogen-bond acceptors (Lipinski definition) is 6. The van der Waals surface area contributed by atoms with Gasteiger partial charge >= 0.3 is 0 Å². The Kier molecular flexibility index (Phi) is 5.70. The number of fused-ring (bicyclic) bond motifs is 4. The van der Waals surface area contributed by atoms with E-state index in [0.29, 0.717) is 16.3 Å². The molecule has 2 aliphatic rings. The summed E-state index contributed by atoms with van der Waals surface area (Å²) in [7, 11) is 0. The van der Waals surface area contributed by atoms with Gasteiger partial charge in [-0.2, -0.15) is 5.10 Å². The zero-order valence-corrected chi connectivity index (χ0v) is 23.1. The van der Waals surface area contributed by atoms with Crippen molar-refractivity contribution in [2.75, 3.05) is 10.2 Å². The Hall–Kier alpha value is -4.43. The lowest BCUT2D eigenvalue weighted by Gasteiger charge is -2.39. The summed E-state index contributed by atoms with van der Waals surface area (Å²) in [4.78, 5) is 12.5. The van der Waals surface area contributed by atoms with Crippen molar-refractivity contribution in [2.24, 2.45) is 9.98 Å². The zero-order valence-electron chi connectivity index (χ0n) is 21.5. The largest absolute Gasteiger partial charge is 0.452 e. The normalized spacial score (nSPS) is 15.7. The minimum absolute atomic E-state index is 0.299. The molecule has 0 spiro atoms. The molecule has 0 bridgehead atoms. The molecule has 0 unspecified atom stereocenters. The van der Waals surface area contributed by atoms with Gasteiger partial charge < -0.3 is 14.6 Å². The summed E-state index contributed by atoms with van der Waals surface area (Å²) in [6, 6.07) is 30.3. The third-order valence-corrected chi connectivity index (χ3v) is 7.55. The number of anilines is 2. The lowest BCUT2D eigenvalue weighted by atomic mass is 9.98. The molecule has 0 saturated carbocycles. The monoisotopic (exact) mass is 576 g/mol. The number of aliphatic imine (C=N–C) groups is 2. The molecule has 7 nitrogen and oxygen atoms in total. The van der Waals surface area contributed by atoms with Crippen molar-refractivity contribution in [2.45, 2.75) is 26.3 Å². The van der Waals surface area contributed by atoms with Crippen LogP contribution in [0.3, 0.4) is 0 Å². The van der Waals surface area contributed by atoms with E-state index in [0.717, 1.165) is 52.0 Å². The second-order valence-electron chi connectivity index (χ2n) is 9.54. The van der Waals surface area contributed by atoms with E-state index in [4.69, 9.17) is 19.5 Å². The number of nitrogens with one attached hydrogen (secondary N) is 1. The molecular formula is C31H25BrN6O. The van der Waals surface area contributed by atoms with Crippen molar-refractivity contribution in [1.29, 1.82) is 0 Å². The maximum atomic E-state index is 6.22. The van der Waals surface area contributed by atoms with Gasteiger partial charge in [0.05, 0.1) is 28.3 Å². The van der Waals surface area contributed by atoms with Crippen LogP contribution in [0.25, 0.3) is 5.69 Å². The summed E-state index contributed by atoms with van der Waals surface area (Å²) < 4.78 is 8.80. The Morgan fingerprint density at radius 3 is 2.41 bits per heavy atom. The lowest BCUT2D eigenvalue weighted by molar-refractivity contribution is 0.468. The van der Waals surface area contributed by atoms with Crippen molar-refractivity contribution in [3.8, 4) is 5.69 Å². The van der Waals surface area contributed by atoms with Crippen LogP contribution in [0.1, 0.15) is 35.5 Å². The molecule has 1 N–H and O–H groups in total. The van der Waals surface area contributed by atoms with Crippen LogP contribution in [0.5, 0.6) is 0 Å². The maximum absolute atomic E-state index is 6.22. The molecule has 2 aromatic heterocycles. The summed E-state index contributed by atoms with van der Waals surface area (Å²) in [5.41, 5.74) is 6.87. The second-order valence-corrected chi connectivity index (χ2v) is 10.3. The number of aryl methyl sites for hydroxylation is 2. The summed E-state index contributed by atoms with van der Waals surface area (Å²) in [6.45, 7) is 4.18. The molecule has 39 heavy (non-hydrogen) atoms. The average molecular weight is 577 g/mol. The van der Waals surface area contributed by atoms with Gasteiger partial charge in [-0.1, -0.05) is 49.4 Å². The van der Waals surface area contributed by atoms with Crippen LogP contribution >= 0.6 is 15.9 Å². The predicted octanol–water partition coefficient (Wildman–Crippen LogP) is 7.89. The molecule has 2 aliphatic heterocycles. The van der Waals surface area contributed by atoms with E-state index in [1.807, 2.05) is 72.3 Å². The molecule has 0 radical (unpaired) electrons. The van der Waals surface area contributed by atoms with E-state index in [1.165, 1.54) is 5.56 Å². The molecule has 8 heteroatoms. The number of amidine groups is 2. The highest BCUT2D eigenvalue weighted by molar-refractivity contribution is 9.10. The fraction of sp³-hybridized carbons (Fsp3) is 0.129. The fourth-order valence-corrected chi connectivity index (χ4v) is 5.57. The Labute approximate surface area is 234 Å². The highest BCUT2D eigenvalue weighted by atomic mass is 79.9. The van der Waals surface area contributed by atoms with E-state index < -0.39 is 0 Å². The third-order valence-electron chi connectivity index (χ3n) is 7.13. The van der Waals surface area contributed by atoms with Crippen LogP contribution in [0.15, 0.2) is 110 Å². The first-order chi connectivity index (χ1) is 19.1. The number of furan rings is 1. The topological polar surface area (TPSA) is 71.0 Å². The predicted molar refractivity (Wildman–Crippen MR) is 159 cm³/mol. The summed E-state index contributed by atoms with van der Waals surface area (Å²) in [6.07, 6.45) is 0.987. The molecule has 5 aromatic rings. The number of halogens is 1. The summed E-state index contributed by atoms with van der Waals surface area (Å²) in [5.74, 6) is 2.92. The summed E-state index contributed by atoms with van der Waals surface area (Å²) in [5, 5.41) is 8.51. The van der Waals surface area contributed by atoms with E-state index in [2.05, 4.69) is 63.4 Å². The molecule has 7 rings (SSSR count). The first-order valence-corrected chi connectivity index (χ1v) is 13.7. The van der Waals surface area contributed by atoms with Crippen molar-refractivity contribution >= 4 is 50.5 Å². The minimum atomic E-state index is -0.299. The number of nitrogens with zero attached hydrogens (tertiary/aromatic N) is 5. The summed E-state index contributed by atoms with van der Waals surface area (Å²) >= 11 is 3.51. The minimum Gasteiger partial charge on any atom is -0.452 e. The van der Waals surface area contributed by atoms with Gasteiger partial charge in [-0.15, -0.1) is 0 Å². The lowest BCUT2D eigenvalue weighted by Crippen LogP contribution is -2.46. The Morgan fingerprint density at radius 2 is 1.67 bits per heavy atom. The van der Waals surface area contributed by atoms with E-state index in [9.17, 15) is 0 Å². The average Bonchev–Trinajstić information content (AvgIpc) is 3.55. The zero-order chi connectivity index (χ0) is 26.5. The van der Waals surface area contributed by atoms with Gasteiger partial charge in [0.25, 0.3) is 0 Å². The van der Waals surface area contributed by atoms with Crippen LogP contribution in [0.2, 0.25) is 0 Å². The van der Waals surface area contributed by atoms with Crippen molar-refractivity contribution in [1.82, 2.24) is 9.78 Å². The van der Waals surface area contributed by atoms with Crippen molar-refractivity contribution < 1.29 is 4.42 Å². The Bertz CT molecular complexity index is 1750. The first kappa shape index (κ1) is 23.7. The molecule has 0 fully saturated rings. The van der Waals surface area contributed by atoms with E-state index >= 15 is 0 Å². The molecule has 192 valence electrons. The van der Waals surface area contributed by atoms with E-state index in [1.54, 1.807) is 0 Å². The third kappa shape index (κ3) is 3.99. The number of benzene rings is 3. The molecule has 1 atom stereocenters. The molecule has 4 heterocycles. The van der Waals surface area contributed by atoms with E-state index in [-0.39, 0.29) is 6.04 Å². The van der Waals surface area contributed by atoms with Gasteiger partial charge in [-0.3, -0.25) is 0 Å². The molecule has 0 saturated heterocycles. The van der Waals surface area contributed by atoms with Gasteiger partial charge in [0.1, 0.15) is 11.8 Å². The SMILES string of the molecule is CCc1ccc(NC2=Nc3ccccc3N3C2=Nc2c(c(C)nn2-c2ccccc2)[C@H]3c2ccc(Br)o2)cc1. The molecular weight excluding hydrogens is 552 g/mol. The van der Waals surface area contributed by atoms with Gasteiger partial charge in [-0.25, -0.2) is 14.7 Å². The highest BCUT2D eigenvalue weighted by Gasteiger charge is 2.42. The van der Waals surface area contributed by atoms with Crippen LogP contribution in [-0.2, 0) is 6.42 Å². The first-order valence-electron chi connectivity index (χ1n) is 12.9. The van der Waals surface area contributed by atoms with Crippen LogP contribution in [0, 0.1) is 6.92 Å². The van der Waals surface area contributed by atoms with Crippen molar-refractivity contribution in [3.05, 3.63) is 118 Å². The molecule has 0 aliphatic carbocycles. The highest BCUT2D eigenvalue weighted by Crippen LogP contribution is 2.48. The Balaban J connectivity index is 1.47. The van der Waals surface area contributed by atoms with Crippen LogP contribution in [0.4, 0.5) is 22.9 Å². The quantitative estimate of drug-likeness (QED) is 0.236. The maximum Gasteiger partial charge on any atom is 0.179 e. The van der Waals surface area contributed by atoms with Gasteiger partial charge in [-0.05, 0) is 83.4 Å². The van der Waals surface area contributed by atoms with Gasteiger partial charge in [0.15, 0.2) is 22.2 Å². The van der Waals surface area contributed by atoms with Gasteiger partial charge in [0.2, 0.25) is 0 Å². The van der Waals surface area contributed by atoms with Crippen LogP contribution in [-0.4, -0.2) is 21.5 Å².